The molecule has 2 aromatic heterocycles. The van der Waals surface area contributed by atoms with Crippen LogP contribution in [0.3, 0.4) is 0 Å². The lowest BCUT2D eigenvalue weighted by Crippen LogP contribution is -2.74. The first kappa shape index (κ1) is 53.8. The van der Waals surface area contributed by atoms with Crippen LogP contribution >= 0.6 is 46.2 Å². The Kier molecular flexibility index (Phi) is 15.7. The van der Waals surface area contributed by atoms with E-state index in [4.69, 9.17) is 24.0 Å². The molecular formula is C57H54FN5O9S4. The van der Waals surface area contributed by atoms with Crippen LogP contribution in [0.25, 0.3) is 10.1 Å². The molecule has 392 valence electrons. The zero-order valence-electron chi connectivity index (χ0n) is 42.4. The number of fused-ring (bicyclic) bond motifs is 2. The minimum absolute atomic E-state index is 0.0485. The predicted octanol–water partition coefficient (Wildman–Crippen LogP) is 10.0. The van der Waals surface area contributed by atoms with Crippen molar-refractivity contribution < 1.29 is 42.6 Å². The van der Waals surface area contributed by atoms with Gasteiger partial charge in [0.05, 0.1) is 11.3 Å². The lowest BCUT2D eigenvalue weighted by atomic mass is 9.77. The largest absolute Gasteiger partial charge is 0.497 e. The van der Waals surface area contributed by atoms with Crippen molar-refractivity contribution in [1.29, 1.82) is 0 Å². The number of anilines is 1. The Hall–Kier alpha value is -7.06. The first-order valence-corrected chi connectivity index (χ1v) is 27.9. The van der Waals surface area contributed by atoms with Gasteiger partial charge in [0.15, 0.2) is 16.3 Å². The van der Waals surface area contributed by atoms with Gasteiger partial charge in [-0.3, -0.25) is 19.2 Å². The minimum atomic E-state index is -1.66. The van der Waals surface area contributed by atoms with E-state index in [0.717, 1.165) is 22.3 Å². The van der Waals surface area contributed by atoms with Gasteiger partial charge in [0.25, 0.3) is 5.91 Å². The number of rotatable bonds is 18. The number of nitrogens with zero attached hydrogens (tertiary/aromatic N) is 3. The monoisotopic (exact) mass is 1100 g/mol. The number of nitrogens with one attached hydrogen (secondary N) is 2. The molecule has 19 heteroatoms. The molecule has 0 aliphatic carbocycles. The molecule has 2 amide bonds. The summed E-state index contributed by atoms with van der Waals surface area (Å²) in [5.41, 5.74) is -1.74. The quantitative estimate of drug-likeness (QED) is 0.0208. The van der Waals surface area contributed by atoms with Crippen LogP contribution in [-0.2, 0) is 45.6 Å². The van der Waals surface area contributed by atoms with Gasteiger partial charge in [0.2, 0.25) is 11.5 Å². The summed E-state index contributed by atoms with van der Waals surface area (Å²) in [5, 5.41) is 12.7. The highest BCUT2D eigenvalue weighted by atomic mass is 32.2. The molecule has 2 aliphatic heterocycles. The van der Waals surface area contributed by atoms with Crippen LogP contribution in [0.4, 0.5) is 9.52 Å². The molecule has 7 aromatic rings. The fourth-order valence-corrected chi connectivity index (χ4v) is 13.6. The number of carbonyl (C=O) groups excluding carboxylic acids is 4. The molecule has 0 spiro atoms. The van der Waals surface area contributed by atoms with E-state index in [1.807, 2.05) is 91.0 Å². The lowest BCUT2D eigenvalue weighted by Gasteiger charge is -2.54. The van der Waals surface area contributed by atoms with Gasteiger partial charge < -0.3 is 34.6 Å². The highest BCUT2D eigenvalue weighted by molar-refractivity contribution is 8.01. The average Bonchev–Trinajstić information content (AvgIpc) is 3.97. The molecule has 76 heavy (non-hydrogen) atoms. The second kappa shape index (κ2) is 22.3. The third-order valence-corrected chi connectivity index (χ3v) is 17.6. The number of carbonyl (C=O) groups is 4. The van der Waals surface area contributed by atoms with E-state index >= 15 is 0 Å². The zero-order valence-corrected chi connectivity index (χ0v) is 45.6. The van der Waals surface area contributed by atoms with Gasteiger partial charge in [-0.05, 0) is 87.2 Å². The summed E-state index contributed by atoms with van der Waals surface area (Å²) in [6.45, 7) is 8.02. The van der Waals surface area contributed by atoms with E-state index < -0.39 is 63.1 Å². The first-order valence-electron chi connectivity index (χ1n) is 24.2. The van der Waals surface area contributed by atoms with Gasteiger partial charge in [-0.25, -0.2) is 14.2 Å². The fourth-order valence-electron chi connectivity index (χ4n) is 8.70. The van der Waals surface area contributed by atoms with E-state index in [-0.39, 0.29) is 41.5 Å². The molecule has 0 radical (unpaired) electrons. The highest BCUT2D eigenvalue weighted by Crippen LogP contribution is 2.46. The van der Waals surface area contributed by atoms with Crippen molar-refractivity contribution in [3.8, 4) is 5.75 Å². The van der Waals surface area contributed by atoms with E-state index in [9.17, 15) is 28.4 Å². The van der Waals surface area contributed by atoms with Crippen LogP contribution in [0, 0.1) is 11.2 Å². The lowest BCUT2D eigenvalue weighted by molar-refractivity contribution is -0.179. The molecule has 2 aliphatic rings. The second-order valence-electron chi connectivity index (χ2n) is 19.7. The first-order chi connectivity index (χ1) is 36.4. The van der Waals surface area contributed by atoms with Crippen molar-refractivity contribution in [2.45, 2.75) is 73.6 Å². The number of benzene rings is 5. The van der Waals surface area contributed by atoms with E-state index in [1.165, 1.54) is 89.2 Å². The number of amides is 2. The molecule has 2 saturated heterocycles. The van der Waals surface area contributed by atoms with Crippen LogP contribution in [-0.4, -0.2) is 87.1 Å². The van der Waals surface area contributed by atoms with Crippen LogP contribution in [0.2, 0.25) is 0 Å². The molecule has 14 nitrogen and oxygen atoms in total. The van der Waals surface area contributed by atoms with Crippen molar-refractivity contribution in [3.63, 3.8) is 0 Å². The summed E-state index contributed by atoms with van der Waals surface area (Å²) < 4.78 is 32.2. The van der Waals surface area contributed by atoms with Crippen LogP contribution in [0.1, 0.15) is 62.6 Å². The Labute approximate surface area is 455 Å². The third kappa shape index (κ3) is 11.5. The molecule has 4 heterocycles. The van der Waals surface area contributed by atoms with Crippen LogP contribution < -0.4 is 20.8 Å². The van der Waals surface area contributed by atoms with Crippen molar-refractivity contribution >= 4 is 90.9 Å². The molecule has 0 bridgehead atoms. The molecule has 2 N–H and O–H groups in total. The van der Waals surface area contributed by atoms with Gasteiger partial charge in [0.1, 0.15) is 51.8 Å². The Morgan fingerprint density at radius 3 is 2.09 bits per heavy atom. The molecule has 9 rings (SSSR count). The highest BCUT2D eigenvalue weighted by Gasteiger charge is 2.58. The summed E-state index contributed by atoms with van der Waals surface area (Å²) in [4.78, 5) is 82.3. The SMILES string of the molecule is COc1ccc(COC(=O)C2(CSc3cc(=O)c4ccc(F)cc4s3)CS[C@@H]3C(NC(=O)C(=NOC(C)(C)C(=O)OC(C)(C)C)c4csc(NC(c5ccccc5)(c5ccccc5)c5ccccc5)n4)C(=O)N3C2)cc1. The van der Waals surface area contributed by atoms with Crippen LogP contribution in [0.5, 0.6) is 5.75 Å². The summed E-state index contributed by atoms with van der Waals surface area (Å²) in [7, 11) is 1.56. The Bertz CT molecular complexity index is 3260. The number of thioether (sulfide) groups is 2. The molecule has 2 unspecified atom stereocenters. The molecule has 3 atom stereocenters. The minimum Gasteiger partial charge on any atom is -0.497 e. The number of β-lactam (4-membered cyclic amide) rings is 1. The second-order valence-corrected chi connectivity index (χ2v) is 24.1. The van der Waals surface area contributed by atoms with E-state index in [2.05, 4.69) is 15.8 Å². The molecule has 2 fully saturated rings. The number of halogens is 1. The van der Waals surface area contributed by atoms with Crippen molar-refractivity contribution in [1.82, 2.24) is 15.2 Å². The maximum Gasteiger partial charge on any atom is 0.353 e. The number of aromatic nitrogens is 1. The number of methoxy groups -OCH3 is 1. The smallest absolute Gasteiger partial charge is 0.353 e. The topological polar surface area (TPSA) is 175 Å². The predicted molar refractivity (Wildman–Crippen MR) is 296 cm³/mol. The summed E-state index contributed by atoms with van der Waals surface area (Å²) in [5.74, 6) is -2.07. The number of ether oxygens (including phenoxy) is 3. The fraction of sp³-hybridized carbons (Fsp3) is 0.281. The van der Waals surface area contributed by atoms with Crippen molar-refractivity contribution in [2.75, 3.05) is 30.5 Å². The summed E-state index contributed by atoms with van der Waals surface area (Å²) in [6.07, 6.45) is 0. The van der Waals surface area contributed by atoms with Gasteiger partial charge in [-0.15, -0.1) is 46.2 Å². The summed E-state index contributed by atoms with van der Waals surface area (Å²) >= 11 is 5.02. The van der Waals surface area contributed by atoms with Gasteiger partial charge in [-0.2, -0.15) is 0 Å². The molecular weight excluding hydrogens is 1050 g/mol. The number of hydrogen-bond donors (Lipinski definition) is 2. The Morgan fingerprint density at radius 2 is 1.49 bits per heavy atom. The molecule has 5 aromatic carbocycles. The average molecular weight is 1100 g/mol. The Morgan fingerprint density at radius 1 is 0.855 bits per heavy atom. The normalized spacial score (nSPS) is 17.8. The van der Waals surface area contributed by atoms with Gasteiger partial charge >= 0.3 is 11.9 Å². The van der Waals surface area contributed by atoms with Crippen LogP contribution in [0.15, 0.2) is 159 Å². The zero-order chi connectivity index (χ0) is 53.8. The van der Waals surface area contributed by atoms with E-state index in [1.54, 1.807) is 57.5 Å². The maximum atomic E-state index is 14.7. The van der Waals surface area contributed by atoms with Crippen molar-refractivity contribution in [2.24, 2.45) is 10.6 Å². The van der Waals surface area contributed by atoms with Gasteiger partial charge in [-0.1, -0.05) is 108 Å². The number of thiazole rings is 1. The van der Waals surface area contributed by atoms with Crippen molar-refractivity contribution in [3.05, 3.63) is 189 Å². The maximum absolute atomic E-state index is 14.7. The number of oxime groups is 1. The standard InChI is InChI=1S/C57H54FN5O9S4/c1-54(2,3)71-51(67)55(4,5)72-62-46(42-31-73-53(59-42)61-57(36-16-10-7-11-17-36,37-18-12-8-13-19-37)38-20-14-9-15-21-38)48(65)60-47-49(66)63-32-56(34-75-50(47)63,52(68)70-30-35-22-25-40(69-6)26-23-35)33-74-45-29-43(64)41-27-24-39(58)28-44(41)76-45/h7-29,31,47,50H,30,32-34H2,1-6H3,(H,59,61)(H,60,65)/t47?,50-,56?/m1/s1. The summed E-state index contributed by atoms with van der Waals surface area (Å²) in [6, 6.07) is 41.3. The molecule has 0 saturated carbocycles. The van der Waals surface area contributed by atoms with Gasteiger partial charge in [0, 0.05) is 39.6 Å². The third-order valence-electron chi connectivity index (χ3n) is 12.7. The number of esters is 2. The Balaban J connectivity index is 0.994. The number of hydrogen-bond acceptors (Lipinski definition) is 16. The van der Waals surface area contributed by atoms with E-state index in [0.29, 0.717) is 25.2 Å².